The van der Waals surface area contributed by atoms with Crippen molar-refractivity contribution in [1.29, 1.82) is 0 Å². The summed E-state index contributed by atoms with van der Waals surface area (Å²) in [5.74, 6) is -1.61. The van der Waals surface area contributed by atoms with E-state index in [9.17, 15) is 19.2 Å². The lowest BCUT2D eigenvalue weighted by Crippen LogP contribution is -2.48. The third-order valence-corrected chi connectivity index (χ3v) is 6.21. The minimum Gasteiger partial charge on any atom is -0.468 e. The summed E-state index contributed by atoms with van der Waals surface area (Å²) < 4.78 is 10.1. The van der Waals surface area contributed by atoms with Gasteiger partial charge in [0.15, 0.2) is 0 Å². The van der Waals surface area contributed by atoms with Gasteiger partial charge in [0.2, 0.25) is 11.8 Å². The Hall–Kier alpha value is -3.88. The summed E-state index contributed by atoms with van der Waals surface area (Å²) in [5, 5.41) is 4.87. The SMILES string of the molecule is COC(=O)CNC(=O)CNC(=O)[C@@H]1CCCN1C(=O)OCC1c2ccccc2-c2ccccc21. The number of amides is 3. The number of nitrogens with one attached hydrogen (secondary N) is 2. The molecule has 0 spiro atoms. The van der Waals surface area contributed by atoms with Crippen molar-refractivity contribution in [3.8, 4) is 11.1 Å². The second-order valence-electron chi connectivity index (χ2n) is 8.23. The van der Waals surface area contributed by atoms with Crippen LogP contribution in [-0.4, -0.2) is 68.2 Å². The molecule has 2 aromatic rings. The smallest absolute Gasteiger partial charge is 0.410 e. The van der Waals surface area contributed by atoms with Crippen LogP contribution in [0.4, 0.5) is 4.79 Å². The molecule has 1 atom stereocenters. The Kier molecular flexibility index (Phi) is 7.10. The fourth-order valence-electron chi connectivity index (χ4n) is 4.53. The summed E-state index contributed by atoms with van der Waals surface area (Å²) in [7, 11) is 1.22. The van der Waals surface area contributed by atoms with Gasteiger partial charge in [0.25, 0.3) is 0 Å². The highest BCUT2D eigenvalue weighted by atomic mass is 16.6. The van der Waals surface area contributed by atoms with Crippen molar-refractivity contribution in [3.63, 3.8) is 0 Å². The topological polar surface area (TPSA) is 114 Å². The molecule has 0 saturated carbocycles. The maximum Gasteiger partial charge on any atom is 0.410 e. The average molecular weight is 466 g/mol. The Morgan fingerprint density at radius 1 is 0.941 bits per heavy atom. The molecule has 1 aliphatic heterocycles. The monoisotopic (exact) mass is 465 g/mol. The number of rotatable bonds is 7. The van der Waals surface area contributed by atoms with E-state index in [2.05, 4.69) is 27.5 Å². The number of esters is 1. The predicted octanol–water partition coefficient (Wildman–Crippen LogP) is 1.81. The van der Waals surface area contributed by atoms with Crippen LogP contribution in [0.3, 0.4) is 0 Å². The van der Waals surface area contributed by atoms with E-state index >= 15 is 0 Å². The molecule has 9 nitrogen and oxygen atoms in total. The largest absolute Gasteiger partial charge is 0.468 e. The quantitative estimate of drug-likeness (QED) is 0.603. The van der Waals surface area contributed by atoms with Gasteiger partial charge in [0.1, 0.15) is 19.2 Å². The number of carbonyl (C=O) groups is 4. The molecule has 0 unspecified atom stereocenters. The van der Waals surface area contributed by atoms with Gasteiger partial charge >= 0.3 is 12.1 Å². The van der Waals surface area contributed by atoms with E-state index in [-0.39, 0.29) is 25.6 Å². The minimum atomic E-state index is -0.705. The number of carbonyl (C=O) groups excluding carboxylic acids is 4. The number of hydrogen-bond donors (Lipinski definition) is 2. The van der Waals surface area contributed by atoms with Crippen LogP contribution in [0.5, 0.6) is 0 Å². The summed E-state index contributed by atoms with van der Waals surface area (Å²) in [6.07, 6.45) is 0.603. The lowest BCUT2D eigenvalue weighted by Gasteiger charge is -2.24. The first-order valence-electron chi connectivity index (χ1n) is 11.2. The zero-order valence-electron chi connectivity index (χ0n) is 18.9. The maximum atomic E-state index is 12.9. The number of nitrogens with zero attached hydrogens (tertiary/aromatic N) is 1. The van der Waals surface area contributed by atoms with Crippen LogP contribution in [0.2, 0.25) is 0 Å². The summed E-state index contributed by atoms with van der Waals surface area (Å²) in [6.45, 7) is 0.00228. The normalized spacial score (nSPS) is 16.4. The second kappa shape index (κ2) is 10.4. The Morgan fingerprint density at radius 3 is 2.24 bits per heavy atom. The van der Waals surface area contributed by atoms with E-state index < -0.39 is 29.9 Å². The van der Waals surface area contributed by atoms with Crippen molar-refractivity contribution in [2.75, 3.05) is 33.4 Å². The Labute approximate surface area is 197 Å². The van der Waals surface area contributed by atoms with E-state index in [1.54, 1.807) is 0 Å². The molecule has 0 bridgehead atoms. The summed E-state index contributed by atoms with van der Waals surface area (Å²) in [5.41, 5.74) is 4.52. The van der Waals surface area contributed by atoms with Crippen molar-refractivity contribution in [1.82, 2.24) is 15.5 Å². The number of benzene rings is 2. The molecule has 0 radical (unpaired) electrons. The van der Waals surface area contributed by atoms with E-state index in [0.29, 0.717) is 19.4 Å². The van der Waals surface area contributed by atoms with E-state index in [1.807, 2.05) is 36.4 Å². The zero-order chi connectivity index (χ0) is 24.1. The summed E-state index contributed by atoms with van der Waals surface area (Å²) in [4.78, 5) is 49.8. The van der Waals surface area contributed by atoms with Gasteiger partial charge in [-0.25, -0.2) is 4.79 Å². The molecular weight excluding hydrogens is 438 g/mol. The summed E-state index contributed by atoms with van der Waals surface area (Å²) in [6, 6.07) is 15.5. The molecule has 1 aliphatic carbocycles. The first kappa shape index (κ1) is 23.3. The molecule has 2 N–H and O–H groups in total. The van der Waals surface area contributed by atoms with Crippen LogP contribution >= 0.6 is 0 Å². The molecule has 1 saturated heterocycles. The maximum absolute atomic E-state index is 12.9. The first-order chi connectivity index (χ1) is 16.5. The van der Waals surface area contributed by atoms with Crippen molar-refractivity contribution in [2.45, 2.75) is 24.8 Å². The molecule has 34 heavy (non-hydrogen) atoms. The van der Waals surface area contributed by atoms with Crippen LogP contribution in [0.1, 0.15) is 29.9 Å². The number of likely N-dealkylation sites (tertiary alicyclic amines) is 1. The van der Waals surface area contributed by atoms with Gasteiger partial charge in [-0.3, -0.25) is 19.3 Å². The number of methoxy groups -OCH3 is 1. The zero-order valence-corrected chi connectivity index (χ0v) is 18.9. The lowest BCUT2D eigenvalue weighted by molar-refractivity contribution is -0.141. The van der Waals surface area contributed by atoms with E-state index in [1.165, 1.54) is 12.0 Å². The van der Waals surface area contributed by atoms with Crippen LogP contribution in [-0.2, 0) is 23.9 Å². The van der Waals surface area contributed by atoms with Crippen molar-refractivity contribution >= 4 is 23.9 Å². The highest BCUT2D eigenvalue weighted by Crippen LogP contribution is 2.44. The van der Waals surface area contributed by atoms with Crippen LogP contribution in [0.25, 0.3) is 11.1 Å². The highest BCUT2D eigenvalue weighted by molar-refractivity contribution is 5.90. The van der Waals surface area contributed by atoms with Gasteiger partial charge < -0.3 is 20.1 Å². The molecule has 2 aliphatic rings. The average Bonchev–Trinajstić information content (AvgIpc) is 3.48. The van der Waals surface area contributed by atoms with E-state index in [0.717, 1.165) is 22.3 Å². The van der Waals surface area contributed by atoms with Crippen molar-refractivity contribution in [2.24, 2.45) is 0 Å². The Balaban J connectivity index is 1.33. The molecule has 0 aromatic heterocycles. The van der Waals surface area contributed by atoms with Gasteiger partial charge in [0, 0.05) is 12.5 Å². The predicted molar refractivity (Wildman–Crippen MR) is 123 cm³/mol. The molecule has 2 aromatic carbocycles. The lowest BCUT2D eigenvalue weighted by atomic mass is 9.98. The molecule has 3 amide bonds. The second-order valence-corrected chi connectivity index (χ2v) is 8.23. The third-order valence-electron chi connectivity index (χ3n) is 6.21. The standard InChI is InChI=1S/C25H27N3O6/c1-33-23(30)14-26-22(29)13-27-24(31)21-11-6-12-28(21)25(32)34-15-20-18-9-4-2-7-16(18)17-8-3-5-10-19(17)20/h2-5,7-10,20-21H,6,11-15H2,1H3,(H,26,29)(H,27,31)/t21-/m0/s1. The molecule has 1 fully saturated rings. The number of ether oxygens (including phenoxy) is 2. The molecule has 1 heterocycles. The van der Waals surface area contributed by atoms with Gasteiger partial charge in [-0.1, -0.05) is 48.5 Å². The van der Waals surface area contributed by atoms with Gasteiger partial charge in [-0.2, -0.15) is 0 Å². The fraction of sp³-hybridized carbons (Fsp3) is 0.360. The molecule has 9 heteroatoms. The number of hydrogen-bond acceptors (Lipinski definition) is 6. The van der Waals surface area contributed by atoms with Crippen LogP contribution < -0.4 is 10.6 Å². The fourth-order valence-corrected chi connectivity index (χ4v) is 4.53. The highest BCUT2D eigenvalue weighted by Gasteiger charge is 2.36. The van der Waals surface area contributed by atoms with Gasteiger partial charge in [-0.15, -0.1) is 0 Å². The van der Waals surface area contributed by atoms with Crippen LogP contribution in [0, 0.1) is 0 Å². The van der Waals surface area contributed by atoms with Crippen LogP contribution in [0.15, 0.2) is 48.5 Å². The summed E-state index contributed by atoms with van der Waals surface area (Å²) >= 11 is 0. The third kappa shape index (κ3) is 4.88. The molecule has 4 rings (SSSR count). The minimum absolute atomic E-state index is 0.0651. The number of fused-ring (bicyclic) bond motifs is 3. The van der Waals surface area contributed by atoms with Crippen molar-refractivity contribution in [3.05, 3.63) is 59.7 Å². The van der Waals surface area contributed by atoms with E-state index in [4.69, 9.17) is 4.74 Å². The molecular formula is C25H27N3O6. The first-order valence-corrected chi connectivity index (χ1v) is 11.2. The van der Waals surface area contributed by atoms with Crippen molar-refractivity contribution < 1.29 is 28.7 Å². The molecule has 178 valence electrons. The van der Waals surface area contributed by atoms with Gasteiger partial charge in [0.05, 0.1) is 13.7 Å². The van der Waals surface area contributed by atoms with Gasteiger partial charge in [-0.05, 0) is 35.1 Å². The Morgan fingerprint density at radius 2 is 1.59 bits per heavy atom. The Bertz CT molecular complexity index is 1060.